The van der Waals surface area contributed by atoms with E-state index in [1.807, 2.05) is 19.1 Å². The summed E-state index contributed by atoms with van der Waals surface area (Å²) in [7, 11) is 2.00. The van der Waals surface area contributed by atoms with Gasteiger partial charge >= 0.3 is 35.8 Å². The highest BCUT2D eigenvalue weighted by molar-refractivity contribution is 6.30. The van der Waals surface area contributed by atoms with E-state index in [0.29, 0.717) is 25.0 Å². The molecule has 0 atom stereocenters. The molecule has 3 rings (SSSR count). The van der Waals surface area contributed by atoms with Gasteiger partial charge in [0.05, 0.1) is 20.8 Å². The minimum absolute atomic E-state index is 0.0548. The van der Waals surface area contributed by atoms with E-state index in [1.165, 1.54) is 70.3 Å². The third-order valence-corrected chi connectivity index (χ3v) is 11.2. The van der Waals surface area contributed by atoms with Crippen LogP contribution in [-0.4, -0.2) is 83.1 Å². The number of carbonyl (C=O) groups is 6. The van der Waals surface area contributed by atoms with E-state index in [4.69, 9.17) is 23.7 Å². The Hall–Kier alpha value is -5.46. The number of unbranched alkanes of at least 4 members (excludes halogenated alkanes) is 2. The maximum atomic E-state index is 12.6. The molecule has 2 aromatic carbocycles. The number of ether oxygens (including phenoxy) is 7. The standard InChI is InChI=1S/C49H66O13/c1-9-11-12-14-35-16-18-36(19-17-35)20-21-37-22-24-39(25-23-37)41-27-40(15-13-26-58-43(50)33(3)4)42(28-38(41)10-2)59-29-49(30-60-44(51)34(5)6,31-61-47(54)45(52)56-7)32-62-48(55)46(53)57-8/h22-25,27-28,35-36H,3,5,9-21,26,29-32H2,1-2,4,6-8H3. The third kappa shape index (κ3) is 16.4. The summed E-state index contributed by atoms with van der Waals surface area (Å²) in [6.07, 6.45) is 14.3. The van der Waals surface area contributed by atoms with Gasteiger partial charge in [0.15, 0.2) is 0 Å². The fraction of sp³-hybridized carbons (Fsp3) is 0.551. The molecule has 62 heavy (non-hydrogen) atoms. The number of hydrogen-bond acceptors (Lipinski definition) is 13. The first kappa shape index (κ1) is 50.9. The molecule has 1 aliphatic carbocycles. The van der Waals surface area contributed by atoms with Crippen molar-refractivity contribution in [3.8, 4) is 16.9 Å². The van der Waals surface area contributed by atoms with Gasteiger partial charge in [0.25, 0.3) is 0 Å². The Morgan fingerprint density at radius 3 is 1.66 bits per heavy atom. The summed E-state index contributed by atoms with van der Waals surface area (Å²) in [4.78, 5) is 73.7. The Morgan fingerprint density at radius 1 is 0.613 bits per heavy atom. The number of hydrogen-bond donors (Lipinski definition) is 0. The van der Waals surface area contributed by atoms with Gasteiger partial charge in [-0.3, -0.25) is 0 Å². The molecular weight excluding hydrogens is 797 g/mol. The van der Waals surface area contributed by atoms with E-state index in [-0.39, 0.29) is 17.8 Å². The first-order valence-corrected chi connectivity index (χ1v) is 21.7. The molecule has 0 heterocycles. The Morgan fingerprint density at radius 2 is 1.15 bits per heavy atom. The van der Waals surface area contributed by atoms with Crippen molar-refractivity contribution in [1.82, 2.24) is 0 Å². The second kappa shape index (κ2) is 26.1. The summed E-state index contributed by atoms with van der Waals surface area (Å²) in [5, 5.41) is 0. The minimum Gasteiger partial charge on any atom is -0.492 e. The molecule has 0 amide bonds. The van der Waals surface area contributed by atoms with Crippen LogP contribution < -0.4 is 4.74 Å². The van der Waals surface area contributed by atoms with Gasteiger partial charge < -0.3 is 33.2 Å². The van der Waals surface area contributed by atoms with Crippen LogP contribution in [-0.2, 0) is 76.5 Å². The van der Waals surface area contributed by atoms with E-state index in [0.717, 1.165) is 54.7 Å². The lowest BCUT2D eigenvalue weighted by Gasteiger charge is -2.32. The largest absolute Gasteiger partial charge is 0.492 e. The molecule has 13 nitrogen and oxygen atoms in total. The van der Waals surface area contributed by atoms with Gasteiger partial charge in [-0.15, -0.1) is 0 Å². The molecule has 1 saturated carbocycles. The molecule has 0 unspecified atom stereocenters. The molecule has 0 saturated heterocycles. The van der Waals surface area contributed by atoms with Gasteiger partial charge in [-0.1, -0.05) is 103 Å². The number of benzene rings is 2. The summed E-state index contributed by atoms with van der Waals surface area (Å²) < 4.78 is 36.8. The lowest BCUT2D eigenvalue weighted by molar-refractivity contribution is -0.177. The predicted octanol–water partition coefficient (Wildman–Crippen LogP) is 8.20. The summed E-state index contributed by atoms with van der Waals surface area (Å²) >= 11 is 0. The van der Waals surface area contributed by atoms with Crippen LogP contribution in [0.2, 0.25) is 0 Å². The minimum atomic E-state index is -1.67. The van der Waals surface area contributed by atoms with Crippen molar-refractivity contribution in [3.05, 3.63) is 77.4 Å². The van der Waals surface area contributed by atoms with Crippen molar-refractivity contribution in [3.63, 3.8) is 0 Å². The van der Waals surface area contributed by atoms with E-state index in [1.54, 1.807) is 6.92 Å². The Kier molecular flexibility index (Phi) is 21.4. The van der Waals surface area contributed by atoms with Gasteiger partial charge in [-0.05, 0) is 97.7 Å². The highest BCUT2D eigenvalue weighted by Gasteiger charge is 2.39. The molecule has 0 aliphatic heterocycles. The number of carbonyl (C=O) groups excluding carboxylic acids is 6. The van der Waals surface area contributed by atoms with Crippen molar-refractivity contribution in [2.45, 2.75) is 111 Å². The van der Waals surface area contributed by atoms with Crippen LogP contribution in [0.1, 0.15) is 109 Å². The van der Waals surface area contributed by atoms with E-state index < -0.39 is 67.7 Å². The quantitative estimate of drug-likeness (QED) is 0.0326. The molecule has 1 aliphatic rings. The molecule has 13 heteroatoms. The smallest absolute Gasteiger partial charge is 0.417 e. The van der Waals surface area contributed by atoms with Crippen molar-refractivity contribution in [1.29, 1.82) is 0 Å². The highest BCUT2D eigenvalue weighted by atomic mass is 16.6. The maximum Gasteiger partial charge on any atom is 0.417 e. The maximum absolute atomic E-state index is 12.6. The van der Waals surface area contributed by atoms with Gasteiger partial charge in [0.2, 0.25) is 0 Å². The highest BCUT2D eigenvalue weighted by Crippen LogP contribution is 2.36. The van der Waals surface area contributed by atoms with Crippen molar-refractivity contribution in [2.24, 2.45) is 17.3 Å². The normalized spacial score (nSPS) is 14.8. The van der Waals surface area contributed by atoms with E-state index >= 15 is 0 Å². The monoisotopic (exact) mass is 862 g/mol. The third-order valence-electron chi connectivity index (χ3n) is 11.2. The molecule has 1 fully saturated rings. The van der Waals surface area contributed by atoms with Crippen molar-refractivity contribution >= 4 is 35.8 Å². The van der Waals surface area contributed by atoms with Crippen LogP contribution in [0.5, 0.6) is 5.75 Å². The summed E-state index contributed by atoms with van der Waals surface area (Å²) in [6, 6.07) is 12.6. The zero-order valence-corrected chi connectivity index (χ0v) is 37.6. The average Bonchev–Trinajstić information content (AvgIpc) is 3.28. The van der Waals surface area contributed by atoms with E-state index in [9.17, 15) is 28.8 Å². The molecule has 0 N–H and O–H groups in total. The van der Waals surface area contributed by atoms with Crippen LogP contribution in [0.3, 0.4) is 0 Å². The van der Waals surface area contributed by atoms with Crippen LogP contribution >= 0.6 is 0 Å². The predicted molar refractivity (Wildman–Crippen MR) is 233 cm³/mol. The first-order chi connectivity index (χ1) is 29.6. The van der Waals surface area contributed by atoms with Crippen LogP contribution in [0, 0.1) is 17.3 Å². The van der Waals surface area contributed by atoms with Crippen molar-refractivity contribution in [2.75, 3.05) is 47.3 Å². The van der Waals surface area contributed by atoms with Crippen LogP contribution in [0.15, 0.2) is 60.7 Å². The topological polar surface area (TPSA) is 167 Å². The number of esters is 6. The van der Waals surface area contributed by atoms with Crippen LogP contribution in [0.4, 0.5) is 0 Å². The van der Waals surface area contributed by atoms with Crippen LogP contribution in [0.25, 0.3) is 11.1 Å². The summed E-state index contributed by atoms with van der Waals surface area (Å²) in [6.45, 7) is 12.3. The SMILES string of the molecule is C=C(C)C(=O)OCCCc1cc(-c2ccc(CCC3CCC(CCCCC)CC3)cc2)c(CC)cc1OCC(COC(=O)C(=C)C)(COC(=O)C(=O)OC)COC(=O)C(=O)OC. The zero-order valence-electron chi connectivity index (χ0n) is 37.6. The lowest BCUT2D eigenvalue weighted by atomic mass is 9.78. The fourth-order valence-corrected chi connectivity index (χ4v) is 7.37. The molecular formula is C49H66O13. The fourth-order valence-electron chi connectivity index (χ4n) is 7.37. The molecule has 2 aromatic rings. The average molecular weight is 863 g/mol. The van der Waals surface area contributed by atoms with Gasteiger partial charge in [0, 0.05) is 11.1 Å². The number of methoxy groups -OCH3 is 2. The van der Waals surface area contributed by atoms with Crippen molar-refractivity contribution < 1.29 is 61.9 Å². The summed E-state index contributed by atoms with van der Waals surface area (Å²) in [5.41, 5.74) is 3.66. The Labute approximate surface area is 366 Å². The Bertz CT molecular complexity index is 1820. The van der Waals surface area contributed by atoms with E-state index in [2.05, 4.69) is 53.8 Å². The second-order valence-electron chi connectivity index (χ2n) is 16.4. The first-order valence-electron chi connectivity index (χ1n) is 21.7. The summed E-state index contributed by atoms with van der Waals surface area (Å²) in [5.74, 6) is -4.57. The molecule has 0 aromatic heterocycles. The number of aryl methyl sites for hydroxylation is 3. The molecule has 0 spiro atoms. The molecule has 0 radical (unpaired) electrons. The lowest BCUT2D eigenvalue weighted by Crippen LogP contribution is -2.45. The second-order valence-corrected chi connectivity index (χ2v) is 16.4. The molecule has 0 bridgehead atoms. The van der Waals surface area contributed by atoms with Gasteiger partial charge in [0.1, 0.15) is 37.6 Å². The number of rotatable bonds is 24. The molecule has 340 valence electrons. The van der Waals surface area contributed by atoms with Gasteiger partial charge in [-0.2, -0.15) is 0 Å². The van der Waals surface area contributed by atoms with Gasteiger partial charge in [-0.25, -0.2) is 28.8 Å². The Balaban J connectivity index is 1.94. The zero-order chi connectivity index (χ0) is 45.7.